The van der Waals surface area contributed by atoms with Crippen LogP contribution in [-0.4, -0.2) is 11.1 Å². The maximum atomic E-state index is 11.5. The summed E-state index contributed by atoms with van der Waals surface area (Å²) in [5.41, 5.74) is 2.38. The SMILES string of the molecule is CC(C)=C1C=CC=CC1C=C1SC(=O)NC1=O. The molecule has 1 fully saturated rings. The molecule has 3 nitrogen and oxygen atoms in total. The van der Waals surface area contributed by atoms with Crippen LogP contribution in [0.1, 0.15) is 13.8 Å². The van der Waals surface area contributed by atoms with E-state index in [1.165, 1.54) is 11.1 Å². The second kappa shape index (κ2) is 4.75. The summed E-state index contributed by atoms with van der Waals surface area (Å²) < 4.78 is 0. The molecule has 2 amide bonds. The van der Waals surface area contributed by atoms with Gasteiger partial charge in [0.25, 0.3) is 11.1 Å². The molecule has 0 saturated carbocycles. The van der Waals surface area contributed by atoms with E-state index in [0.717, 1.165) is 11.8 Å². The summed E-state index contributed by atoms with van der Waals surface area (Å²) in [5, 5.41) is 1.96. The fraction of sp³-hybridized carbons (Fsp3) is 0.231. The zero-order chi connectivity index (χ0) is 12.4. The second-order valence-corrected chi connectivity index (χ2v) is 5.11. The van der Waals surface area contributed by atoms with Gasteiger partial charge in [0.05, 0.1) is 4.91 Å². The molecule has 1 aliphatic heterocycles. The minimum atomic E-state index is -0.296. The Balaban J connectivity index is 2.29. The number of thioether (sulfide) groups is 1. The van der Waals surface area contributed by atoms with Gasteiger partial charge >= 0.3 is 0 Å². The average Bonchev–Trinajstić information content (AvgIpc) is 2.58. The molecule has 1 N–H and O–H groups in total. The maximum Gasteiger partial charge on any atom is 0.290 e. The van der Waals surface area contributed by atoms with Gasteiger partial charge in [-0.05, 0) is 31.2 Å². The van der Waals surface area contributed by atoms with Gasteiger partial charge in [0.2, 0.25) is 0 Å². The Morgan fingerprint density at radius 2 is 2.12 bits per heavy atom. The monoisotopic (exact) mass is 247 g/mol. The van der Waals surface area contributed by atoms with Crippen LogP contribution in [0.3, 0.4) is 0 Å². The van der Waals surface area contributed by atoms with E-state index in [9.17, 15) is 9.59 Å². The van der Waals surface area contributed by atoms with Crippen LogP contribution < -0.4 is 5.32 Å². The smallest absolute Gasteiger partial charge is 0.282 e. The van der Waals surface area contributed by atoms with Crippen molar-refractivity contribution in [3.8, 4) is 0 Å². The van der Waals surface area contributed by atoms with Crippen LogP contribution in [0.5, 0.6) is 0 Å². The average molecular weight is 247 g/mol. The summed E-state index contributed by atoms with van der Waals surface area (Å²) in [7, 11) is 0. The van der Waals surface area contributed by atoms with Crippen LogP contribution in [0.4, 0.5) is 4.79 Å². The first-order chi connectivity index (χ1) is 8.08. The fourth-order valence-corrected chi connectivity index (χ4v) is 2.50. The van der Waals surface area contributed by atoms with E-state index < -0.39 is 0 Å². The summed E-state index contributed by atoms with van der Waals surface area (Å²) in [6, 6.07) is 0. The van der Waals surface area contributed by atoms with Crippen molar-refractivity contribution >= 4 is 22.9 Å². The van der Waals surface area contributed by atoms with Crippen LogP contribution in [0.15, 0.2) is 46.4 Å². The number of carbonyl (C=O) groups excluding carboxylic acids is 2. The molecule has 0 spiro atoms. The Kier molecular flexibility index (Phi) is 3.33. The van der Waals surface area contributed by atoms with E-state index in [1.54, 1.807) is 0 Å². The number of allylic oxidation sites excluding steroid dienone is 7. The summed E-state index contributed by atoms with van der Waals surface area (Å²) in [5.74, 6) is -0.222. The van der Waals surface area contributed by atoms with Gasteiger partial charge in [-0.2, -0.15) is 0 Å². The Morgan fingerprint density at radius 3 is 2.71 bits per heavy atom. The van der Waals surface area contributed by atoms with Gasteiger partial charge in [0.15, 0.2) is 0 Å². The standard InChI is InChI=1S/C13H13NO2S/c1-8(2)10-6-4-3-5-9(10)7-11-12(15)14-13(16)17-11/h3-7,9H,1-2H3,(H,14,15,16). The lowest BCUT2D eigenvalue weighted by Gasteiger charge is -2.15. The summed E-state index contributed by atoms with van der Waals surface area (Å²) in [6.07, 6.45) is 9.83. The molecule has 0 aromatic rings. The van der Waals surface area contributed by atoms with E-state index in [0.29, 0.717) is 4.91 Å². The molecule has 88 valence electrons. The second-order valence-electron chi connectivity index (χ2n) is 4.10. The molecule has 0 radical (unpaired) electrons. The zero-order valence-corrected chi connectivity index (χ0v) is 10.5. The molecule has 2 rings (SSSR count). The topological polar surface area (TPSA) is 46.2 Å². The molecule has 0 bridgehead atoms. The predicted molar refractivity (Wildman–Crippen MR) is 69.4 cm³/mol. The van der Waals surface area contributed by atoms with Crippen LogP contribution in [-0.2, 0) is 4.79 Å². The first-order valence-corrected chi connectivity index (χ1v) is 6.17. The van der Waals surface area contributed by atoms with Crippen LogP contribution >= 0.6 is 11.8 Å². The molecule has 2 aliphatic rings. The van der Waals surface area contributed by atoms with Crippen molar-refractivity contribution in [2.24, 2.45) is 5.92 Å². The predicted octanol–water partition coefficient (Wildman–Crippen LogP) is 2.93. The highest BCUT2D eigenvalue weighted by Crippen LogP contribution is 2.30. The minimum Gasteiger partial charge on any atom is -0.282 e. The molecule has 0 aromatic carbocycles. The maximum absolute atomic E-state index is 11.5. The van der Waals surface area contributed by atoms with E-state index in [-0.39, 0.29) is 17.1 Å². The Hall–Kier alpha value is -1.55. The van der Waals surface area contributed by atoms with Gasteiger partial charge in [0, 0.05) is 5.92 Å². The molecule has 1 heterocycles. The lowest BCUT2D eigenvalue weighted by atomic mass is 9.91. The number of hydrogen-bond acceptors (Lipinski definition) is 3. The number of imide groups is 1. The van der Waals surface area contributed by atoms with Crippen molar-refractivity contribution in [3.63, 3.8) is 0 Å². The number of amides is 2. The number of nitrogens with one attached hydrogen (secondary N) is 1. The van der Waals surface area contributed by atoms with Crippen LogP contribution in [0, 0.1) is 5.92 Å². The third-order valence-electron chi connectivity index (χ3n) is 2.61. The molecule has 1 aliphatic carbocycles. The largest absolute Gasteiger partial charge is 0.290 e. The normalized spacial score (nSPS) is 25.6. The molecule has 1 unspecified atom stereocenters. The zero-order valence-electron chi connectivity index (χ0n) is 9.69. The summed E-state index contributed by atoms with van der Waals surface area (Å²) in [4.78, 5) is 23.0. The van der Waals surface area contributed by atoms with Crippen molar-refractivity contribution in [2.45, 2.75) is 13.8 Å². The molecule has 0 aromatic heterocycles. The Bertz CT molecular complexity index is 494. The molecule has 17 heavy (non-hydrogen) atoms. The Morgan fingerprint density at radius 1 is 1.35 bits per heavy atom. The van der Waals surface area contributed by atoms with Gasteiger partial charge < -0.3 is 0 Å². The third-order valence-corrected chi connectivity index (χ3v) is 3.44. The highest BCUT2D eigenvalue weighted by molar-refractivity contribution is 8.18. The van der Waals surface area contributed by atoms with Gasteiger partial charge in [0.1, 0.15) is 0 Å². The van der Waals surface area contributed by atoms with Crippen molar-refractivity contribution in [1.82, 2.24) is 5.32 Å². The first-order valence-electron chi connectivity index (χ1n) is 5.35. The van der Waals surface area contributed by atoms with E-state index in [2.05, 4.69) is 5.32 Å². The lowest BCUT2D eigenvalue weighted by Crippen LogP contribution is -2.18. The number of carbonyl (C=O) groups is 2. The first kappa shape index (κ1) is 11.9. The molecule has 4 heteroatoms. The lowest BCUT2D eigenvalue weighted by molar-refractivity contribution is -0.115. The molecular weight excluding hydrogens is 234 g/mol. The van der Waals surface area contributed by atoms with Crippen molar-refractivity contribution in [2.75, 3.05) is 0 Å². The highest BCUT2D eigenvalue weighted by Gasteiger charge is 2.26. The van der Waals surface area contributed by atoms with Gasteiger partial charge in [-0.3, -0.25) is 14.9 Å². The highest BCUT2D eigenvalue weighted by atomic mass is 32.2. The van der Waals surface area contributed by atoms with E-state index >= 15 is 0 Å². The quantitative estimate of drug-likeness (QED) is 0.725. The van der Waals surface area contributed by atoms with E-state index in [1.807, 2.05) is 44.2 Å². The minimum absolute atomic E-state index is 0.0733. The molecule has 1 saturated heterocycles. The van der Waals surface area contributed by atoms with E-state index in [4.69, 9.17) is 0 Å². The Labute approximate surface area is 104 Å². The van der Waals surface area contributed by atoms with Crippen LogP contribution in [0.25, 0.3) is 0 Å². The third kappa shape index (κ3) is 2.58. The molecular formula is C13H13NO2S. The fourth-order valence-electron chi connectivity index (χ4n) is 1.80. The van der Waals surface area contributed by atoms with Crippen LogP contribution in [0.2, 0.25) is 0 Å². The van der Waals surface area contributed by atoms with Crippen molar-refractivity contribution in [3.05, 3.63) is 46.4 Å². The van der Waals surface area contributed by atoms with Gasteiger partial charge in [-0.15, -0.1) is 0 Å². The van der Waals surface area contributed by atoms with Crippen molar-refractivity contribution in [1.29, 1.82) is 0 Å². The number of hydrogen-bond donors (Lipinski definition) is 1. The van der Waals surface area contributed by atoms with Crippen molar-refractivity contribution < 1.29 is 9.59 Å². The molecule has 1 atom stereocenters. The number of rotatable bonds is 1. The van der Waals surface area contributed by atoms with Gasteiger partial charge in [-0.25, -0.2) is 0 Å². The summed E-state index contributed by atoms with van der Waals surface area (Å²) >= 11 is 0.962. The summed E-state index contributed by atoms with van der Waals surface area (Å²) in [6.45, 7) is 4.08. The van der Waals surface area contributed by atoms with Gasteiger partial charge in [-0.1, -0.05) is 36.0 Å².